The number of likely N-dealkylation sites (tertiary alicyclic amines) is 1. The minimum absolute atomic E-state index is 0.00549. The molecular formula is C28H36ClN3O6S. The Kier molecular flexibility index (Phi) is 9.23. The molecule has 2 N–H and O–H groups in total. The molecule has 0 unspecified atom stereocenters. The molecule has 212 valence electrons. The lowest BCUT2D eigenvalue weighted by Gasteiger charge is -2.43. The van der Waals surface area contributed by atoms with E-state index in [1.54, 1.807) is 0 Å². The van der Waals surface area contributed by atoms with E-state index in [1.807, 2.05) is 18.2 Å². The van der Waals surface area contributed by atoms with E-state index in [9.17, 15) is 18.3 Å². The van der Waals surface area contributed by atoms with Gasteiger partial charge in [-0.25, -0.2) is 8.42 Å². The minimum Gasteiger partial charge on any atom is -0.389 e. The number of benzene rings is 2. The summed E-state index contributed by atoms with van der Waals surface area (Å²) in [6.45, 7) is 2.66. The molecule has 5 atom stereocenters. The maximum absolute atomic E-state index is 13.6. The average molecular weight is 578 g/mol. The molecule has 3 fully saturated rings. The van der Waals surface area contributed by atoms with Gasteiger partial charge in [0.15, 0.2) is 0 Å². The van der Waals surface area contributed by atoms with Crippen molar-refractivity contribution < 1.29 is 27.8 Å². The first-order chi connectivity index (χ1) is 18.8. The second-order valence-corrected chi connectivity index (χ2v) is 13.0. The first-order valence-electron chi connectivity index (χ1n) is 13.5. The van der Waals surface area contributed by atoms with Crippen LogP contribution in [0.25, 0.3) is 0 Å². The summed E-state index contributed by atoms with van der Waals surface area (Å²) in [4.78, 5) is 15.4. The van der Waals surface area contributed by atoms with Crippen LogP contribution in [0, 0.1) is 0 Å². The van der Waals surface area contributed by atoms with Gasteiger partial charge < -0.3 is 19.9 Å². The molecule has 11 heteroatoms. The zero-order valence-electron chi connectivity index (χ0n) is 21.8. The van der Waals surface area contributed by atoms with Crippen LogP contribution in [0.5, 0.6) is 0 Å². The summed E-state index contributed by atoms with van der Waals surface area (Å²) in [5.41, 5.74) is 1.26. The Morgan fingerprint density at radius 3 is 2.56 bits per heavy atom. The van der Waals surface area contributed by atoms with Crippen molar-refractivity contribution in [3.05, 3.63) is 65.2 Å². The van der Waals surface area contributed by atoms with Gasteiger partial charge in [0.25, 0.3) is 0 Å². The lowest BCUT2D eigenvalue weighted by Crippen LogP contribution is -2.57. The second-order valence-electron chi connectivity index (χ2n) is 10.6. The highest BCUT2D eigenvalue weighted by Gasteiger charge is 2.43. The van der Waals surface area contributed by atoms with Gasteiger partial charge in [0.05, 0.1) is 48.9 Å². The summed E-state index contributed by atoms with van der Waals surface area (Å²) in [6.07, 6.45) is 0.319. The van der Waals surface area contributed by atoms with E-state index in [-0.39, 0.29) is 49.1 Å². The van der Waals surface area contributed by atoms with Gasteiger partial charge in [-0.05, 0) is 49.1 Å². The number of ether oxygens (including phenoxy) is 2. The number of sulfonamides is 1. The maximum Gasteiger partial charge on any atom is 0.243 e. The number of rotatable bonds is 7. The fourth-order valence-corrected chi connectivity index (χ4v) is 7.58. The van der Waals surface area contributed by atoms with Crippen molar-refractivity contribution in [2.75, 3.05) is 32.8 Å². The zero-order chi connectivity index (χ0) is 27.4. The summed E-state index contributed by atoms with van der Waals surface area (Å²) in [5.74, 6) is -0.0576. The highest BCUT2D eigenvalue weighted by Crippen LogP contribution is 2.32. The third kappa shape index (κ3) is 7.18. The normalized spacial score (nSPS) is 28.8. The number of hydrogen-bond acceptors (Lipinski definition) is 7. The second kappa shape index (κ2) is 12.6. The molecule has 3 aliphatic heterocycles. The van der Waals surface area contributed by atoms with Crippen molar-refractivity contribution in [3.63, 3.8) is 0 Å². The van der Waals surface area contributed by atoms with Crippen LogP contribution in [-0.4, -0.2) is 91.9 Å². The van der Waals surface area contributed by atoms with Crippen molar-refractivity contribution >= 4 is 27.5 Å². The SMILES string of the molecule is O=C(C[C@@H]1CC[C@@H]2[C@H](COC[C@H](O)CN2S(=O)(=O)c2ccc(Cl)cc2)O1)N[C@@H]1CCN(Cc2ccccc2)C1. The Hall–Kier alpha value is -2.05. The lowest BCUT2D eigenvalue weighted by atomic mass is 9.96. The molecule has 2 aromatic carbocycles. The molecule has 5 rings (SSSR count). The molecule has 0 aliphatic carbocycles. The fraction of sp³-hybridized carbons (Fsp3) is 0.536. The van der Waals surface area contributed by atoms with Crippen LogP contribution in [0.15, 0.2) is 59.5 Å². The molecular weight excluding hydrogens is 542 g/mol. The number of carbonyl (C=O) groups excluding carboxylic acids is 1. The number of nitrogens with zero attached hydrogens (tertiary/aromatic N) is 2. The molecule has 0 bridgehead atoms. The lowest BCUT2D eigenvalue weighted by molar-refractivity contribution is -0.146. The average Bonchev–Trinajstić information content (AvgIpc) is 3.33. The molecule has 0 aromatic heterocycles. The van der Waals surface area contributed by atoms with Gasteiger partial charge in [-0.15, -0.1) is 0 Å². The first-order valence-corrected chi connectivity index (χ1v) is 15.3. The molecule has 39 heavy (non-hydrogen) atoms. The number of nitrogens with one attached hydrogen (secondary N) is 1. The smallest absolute Gasteiger partial charge is 0.243 e. The molecule has 3 aliphatic rings. The number of aliphatic hydroxyl groups is 1. The predicted octanol–water partition coefficient (Wildman–Crippen LogP) is 2.42. The van der Waals surface area contributed by atoms with E-state index in [4.69, 9.17) is 21.1 Å². The van der Waals surface area contributed by atoms with Crippen molar-refractivity contribution in [2.24, 2.45) is 0 Å². The van der Waals surface area contributed by atoms with Crippen molar-refractivity contribution in [1.82, 2.24) is 14.5 Å². The van der Waals surface area contributed by atoms with Crippen LogP contribution < -0.4 is 5.32 Å². The van der Waals surface area contributed by atoms with Crippen molar-refractivity contribution in [2.45, 2.75) is 67.5 Å². The molecule has 3 saturated heterocycles. The molecule has 0 radical (unpaired) electrons. The number of aliphatic hydroxyl groups excluding tert-OH is 1. The van der Waals surface area contributed by atoms with E-state index in [2.05, 4.69) is 22.3 Å². The van der Waals surface area contributed by atoms with Gasteiger partial charge in [-0.1, -0.05) is 41.9 Å². The van der Waals surface area contributed by atoms with Crippen LogP contribution in [0.3, 0.4) is 0 Å². The van der Waals surface area contributed by atoms with E-state index in [1.165, 1.54) is 34.1 Å². The Labute approximate surface area is 235 Å². The van der Waals surface area contributed by atoms with Crippen LogP contribution in [0.1, 0.15) is 31.2 Å². The highest BCUT2D eigenvalue weighted by atomic mass is 35.5. The summed E-state index contributed by atoms with van der Waals surface area (Å²) in [6, 6.07) is 15.9. The third-order valence-corrected chi connectivity index (χ3v) is 9.81. The zero-order valence-corrected chi connectivity index (χ0v) is 23.4. The Morgan fingerprint density at radius 1 is 1.03 bits per heavy atom. The molecule has 3 heterocycles. The third-order valence-electron chi connectivity index (χ3n) is 7.65. The Bertz CT molecular complexity index is 1220. The monoisotopic (exact) mass is 577 g/mol. The standard InChI is InChI=1S/C28H36ClN3O6S/c29-21-6-9-25(10-7-21)39(35,36)32-17-23(33)18-37-19-27-26(32)11-8-24(38-27)14-28(34)30-22-12-13-31(16-22)15-20-4-2-1-3-5-20/h1-7,9-10,22-24,26-27,33H,8,11-19H2,(H,30,34)/t22-,23-,24+,26-,27+/m1/s1. The van der Waals surface area contributed by atoms with Gasteiger partial charge in [0.1, 0.15) is 0 Å². The number of carbonyl (C=O) groups is 1. The number of amides is 1. The Balaban J connectivity index is 1.18. The van der Waals surface area contributed by atoms with Gasteiger partial charge >= 0.3 is 0 Å². The summed E-state index contributed by atoms with van der Waals surface area (Å²) < 4.78 is 40.4. The quantitative estimate of drug-likeness (QED) is 0.520. The van der Waals surface area contributed by atoms with Crippen molar-refractivity contribution in [1.29, 1.82) is 0 Å². The summed E-state index contributed by atoms with van der Waals surface area (Å²) in [7, 11) is -3.91. The number of fused-ring (bicyclic) bond motifs is 1. The van der Waals surface area contributed by atoms with E-state index >= 15 is 0 Å². The molecule has 0 spiro atoms. The van der Waals surface area contributed by atoms with Gasteiger partial charge in [-0.3, -0.25) is 9.69 Å². The van der Waals surface area contributed by atoms with Crippen molar-refractivity contribution in [3.8, 4) is 0 Å². The van der Waals surface area contributed by atoms with E-state index in [0.29, 0.717) is 17.9 Å². The highest BCUT2D eigenvalue weighted by molar-refractivity contribution is 7.89. The van der Waals surface area contributed by atoms with Crippen LogP contribution in [0.2, 0.25) is 5.02 Å². The molecule has 2 aromatic rings. The van der Waals surface area contributed by atoms with Gasteiger partial charge in [0, 0.05) is 37.2 Å². The molecule has 9 nitrogen and oxygen atoms in total. The van der Waals surface area contributed by atoms with Crippen LogP contribution in [0.4, 0.5) is 0 Å². The number of hydrogen-bond donors (Lipinski definition) is 2. The summed E-state index contributed by atoms with van der Waals surface area (Å²) >= 11 is 5.96. The van der Waals surface area contributed by atoms with E-state index < -0.39 is 28.3 Å². The Morgan fingerprint density at radius 2 is 1.79 bits per heavy atom. The maximum atomic E-state index is 13.6. The molecule has 1 amide bonds. The largest absolute Gasteiger partial charge is 0.389 e. The predicted molar refractivity (Wildman–Crippen MR) is 147 cm³/mol. The number of β-amino-alcohol motifs (C(OH)–C–C–N with tert-alkyl or cyclic N) is 1. The van der Waals surface area contributed by atoms with Gasteiger partial charge in [0.2, 0.25) is 15.9 Å². The topological polar surface area (TPSA) is 108 Å². The van der Waals surface area contributed by atoms with Gasteiger partial charge in [-0.2, -0.15) is 4.31 Å². The number of halogens is 1. The van der Waals surface area contributed by atoms with E-state index in [0.717, 1.165) is 26.1 Å². The van der Waals surface area contributed by atoms with Crippen LogP contribution >= 0.6 is 11.6 Å². The minimum atomic E-state index is -3.91. The first kappa shape index (κ1) is 28.5. The molecule has 0 saturated carbocycles. The van der Waals surface area contributed by atoms with Crippen LogP contribution in [-0.2, 0) is 30.8 Å². The fourth-order valence-electron chi connectivity index (χ4n) is 5.74. The summed E-state index contributed by atoms with van der Waals surface area (Å²) in [5, 5.41) is 14.0.